The Kier molecular flexibility index (Phi) is 4.28. The van der Waals surface area contributed by atoms with Crippen molar-refractivity contribution in [3.63, 3.8) is 0 Å². The summed E-state index contributed by atoms with van der Waals surface area (Å²) in [6, 6.07) is 10.3. The molecule has 0 radical (unpaired) electrons. The molecule has 2 aromatic heterocycles. The third-order valence-corrected chi connectivity index (χ3v) is 5.46. The number of furan rings is 1. The number of aryl methyl sites for hydroxylation is 2. The van der Waals surface area contributed by atoms with Gasteiger partial charge < -0.3 is 14.6 Å². The van der Waals surface area contributed by atoms with E-state index in [-0.39, 0.29) is 18.0 Å². The van der Waals surface area contributed by atoms with Crippen LogP contribution < -0.4 is 5.32 Å². The van der Waals surface area contributed by atoms with E-state index >= 15 is 0 Å². The molecule has 1 amide bonds. The number of hydrogen-bond donors (Lipinski definition) is 1. The van der Waals surface area contributed by atoms with Gasteiger partial charge in [0.1, 0.15) is 11.3 Å². The second kappa shape index (κ2) is 6.61. The highest BCUT2D eigenvalue weighted by molar-refractivity contribution is 5.82. The first kappa shape index (κ1) is 16.8. The van der Waals surface area contributed by atoms with Crippen molar-refractivity contribution in [3.8, 4) is 0 Å². The summed E-state index contributed by atoms with van der Waals surface area (Å²) in [5.74, 6) is 1.12. The van der Waals surface area contributed by atoms with Crippen LogP contribution in [0.4, 0.5) is 0 Å². The highest BCUT2D eigenvalue weighted by Crippen LogP contribution is 2.31. The molecule has 4 rings (SSSR count). The Bertz CT molecular complexity index is 942. The van der Waals surface area contributed by atoms with Crippen LogP contribution >= 0.6 is 0 Å². The van der Waals surface area contributed by atoms with Gasteiger partial charge in [0, 0.05) is 50.2 Å². The van der Waals surface area contributed by atoms with Crippen molar-refractivity contribution in [1.82, 2.24) is 20.0 Å². The molecule has 136 valence electrons. The van der Waals surface area contributed by atoms with Gasteiger partial charge in [-0.3, -0.25) is 9.48 Å². The number of fused-ring (bicyclic) bond motifs is 1. The third-order valence-electron chi connectivity index (χ3n) is 5.46. The largest absolute Gasteiger partial charge is 0.461 e. The van der Waals surface area contributed by atoms with Crippen molar-refractivity contribution in [3.05, 3.63) is 53.5 Å². The number of piperidine rings is 1. The lowest BCUT2D eigenvalue weighted by atomic mass is 9.93. The molecule has 2 atom stereocenters. The highest BCUT2D eigenvalue weighted by Gasteiger charge is 2.36. The van der Waals surface area contributed by atoms with Gasteiger partial charge in [0.25, 0.3) is 0 Å². The van der Waals surface area contributed by atoms with Crippen LogP contribution in [0, 0.1) is 6.92 Å². The Labute approximate surface area is 152 Å². The molecule has 26 heavy (non-hydrogen) atoms. The number of nitrogens with zero attached hydrogens (tertiary/aromatic N) is 3. The van der Waals surface area contributed by atoms with Crippen LogP contribution in [0.25, 0.3) is 11.0 Å². The minimum Gasteiger partial charge on any atom is -0.461 e. The molecule has 0 aliphatic carbocycles. The zero-order chi connectivity index (χ0) is 18.3. The number of para-hydroxylation sites is 1. The van der Waals surface area contributed by atoms with E-state index in [2.05, 4.69) is 16.5 Å². The average molecular weight is 352 g/mol. The Balaban J connectivity index is 1.60. The molecule has 0 saturated carbocycles. The first-order chi connectivity index (χ1) is 12.6. The second-order valence-electron chi connectivity index (χ2n) is 6.99. The van der Waals surface area contributed by atoms with E-state index in [4.69, 9.17) is 4.42 Å². The predicted octanol–water partition coefficient (Wildman–Crippen LogP) is 2.93. The number of amides is 1. The van der Waals surface area contributed by atoms with Crippen LogP contribution in [-0.2, 0) is 18.4 Å². The minimum atomic E-state index is -0.0257. The Morgan fingerprint density at radius 3 is 2.85 bits per heavy atom. The number of likely N-dealkylation sites (N-methyl/N-ethyl adjacent to an activating group) is 1. The van der Waals surface area contributed by atoms with E-state index in [1.165, 1.54) is 5.56 Å². The van der Waals surface area contributed by atoms with E-state index in [0.29, 0.717) is 13.0 Å². The zero-order valence-corrected chi connectivity index (χ0v) is 15.4. The lowest BCUT2D eigenvalue weighted by Crippen LogP contribution is -2.49. The van der Waals surface area contributed by atoms with E-state index in [9.17, 15) is 4.79 Å². The van der Waals surface area contributed by atoms with Crippen LogP contribution in [0.5, 0.6) is 0 Å². The lowest BCUT2D eigenvalue weighted by Gasteiger charge is -2.39. The normalized spacial score (nSPS) is 20.9. The summed E-state index contributed by atoms with van der Waals surface area (Å²) < 4.78 is 7.73. The molecule has 0 bridgehead atoms. The number of nitrogens with one attached hydrogen (secondary N) is 1. The Morgan fingerprint density at radius 1 is 1.27 bits per heavy atom. The molecular formula is C20H24N4O2. The third kappa shape index (κ3) is 2.80. The van der Waals surface area contributed by atoms with Gasteiger partial charge in [0.05, 0.1) is 11.7 Å². The van der Waals surface area contributed by atoms with Crippen molar-refractivity contribution in [1.29, 1.82) is 0 Å². The topological polar surface area (TPSA) is 63.3 Å². The molecular weight excluding hydrogens is 328 g/mol. The van der Waals surface area contributed by atoms with Gasteiger partial charge in [-0.1, -0.05) is 18.2 Å². The van der Waals surface area contributed by atoms with E-state index < -0.39 is 0 Å². The number of likely N-dealkylation sites (tertiary alicyclic amines) is 1. The number of carbonyl (C=O) groups is 1. The van der Waals surface area contributed by atoms with Crippen molar-refractivity contribution in [2.75, 3.05) is 7.05 Å². The van der Waals surface area contributed by atoms with Gasteiger partial charge >= 0.3 is 0 Å². The summed E-state index contributed by atoms with van der Waals surface area (Å²) in [4.78, 5) is 14.1. The van der Waals surface area contributed by atoms with Gasteiger partial charge in [-0.25, -0.2) is 0 Å². The summed E-state index contributed by atoms with van der Waals surface area (Å²) in [7, 11) is 3.80. The molecule has 1 N–H and O–H groups in total. The molecule has 0 unspecified atom stereocenters. The van der Waals surface area contributed by atoms with Crippen LogP contribution in [0.15, 0.2) is 40.9 Å². The SMILES string of the molecule is Cc1oc2ccccc2c1CN[C@@H]1CCC(=O)N(C)[C@H]1c1ccnn1C. The van der Waals surface area contributed by atoms with Crippen LogP contribution in [0.2, 0.25) is 0 Å². The molecule has 1 fully saturated rings. The van der Waals surface area contributed by atoms with E-state index in [0.717, 1.165) is 28.8 Å². The quantitative estimate of drug-likeness (QED) is 0.784. The molecule has 1 aliphatic rings. The summed E-state index contributed by atoms with van der Waals surface area (Å²) in [6.45, 7) is 2.72. The molecule has 1 aliphatic heterocycles. The van der Waals surface area contributed by atoms with E-state index in [1.54, 1.807) is 6.20 Å². The minimum absolute atomic E-state index is 0.0257. The van der Waals surface area contributed by atoms with E-state index in [1.807, 2.05) is 54.9 Å². The maximum absolute atomic E-state index is 12.3. The predicted molar refractivity (Wildman–Crippen MR) is 99.5 cm³/mol. The Hall–Kier alpha value is -2.60. The Morgan fingerprint density at radius 2 is 2.08 bits per heavy atom. The first-order valence-electron chi connectivity index (χ1n) is 9.00. The lowest BCUT2D eigenvalue weighted by molar-refractivity contribution is -0.136. The fraction of sp³-hybridized carbons (Fsp3) is 0.400. The number of hydrogen-bond acceptors (Lipinski definition) is 4. The molecule has 1 saturated heterocycles. The summed E-state index contributed by atoms with van der Waals surface area (Å²) in [5, 5.41) is 9.11. The average Bonchev–Trinajstić information content (AvgIpc) is 3.18. The van der Waals surface area contributed by atoms with Crippen molar-refractivity contribution in [2.24, 2.45) is 7.05 Å². The van der Waals surface area contributed by atoms with Crippen molar-refractivity contribution < 1.29 is 9.21 Å². The van der Waals surface area contributed by atoms with Crippen LogP contribution in [0.3, 0.4) is 0 Å². The van der Waals surface area contributed by atoms with Crippen LogP contribution in [0.1, 0.15) is 35.9 Å². The number of carbonyl (C=O) groups excluding carboxylic acids is 1. The first-order valence-corrected chi connectivity index (χ1v) is 9.00. The van der Waals surface area contributed by atoms with Gasteiger partial charge in [-0.15, -0.1) is 0 Å². The molecule has 1 aromatic carbocycles. The number of rotatable bonds is 4. The van der Waals surface area contributed by atoms with Gasteiger partial charge in [0.15, 0.2) is 0 Å². The molecule has 0 spiro atoms. The maximum atomic E-state index is 12.3. The molecule has 3 heterocycles. The van der Waals surface area contributed by atoms with Crippen LogP contribution in [-0.4, -0.2) is 33.7 Å². The second-order valence-corrected chi connectivity index (χ2v) is 6.99. The van der Waals surface area contributed by atoms with Crippen molar-refractivity contribution >= 4 is 16.9 Å². The fourth-order valence-electron chi connectivity index (χ4n) is 4.00. The highest BCUT2D eigenvalue weighted by atomic mass is 16.3. The van der Waals surface area contributed by atoms with Gasteiger partial charge in [0.2, 0.25) is 5.91 Å². The molecule has 3 aromatic rings. The smallest absolute Gasteiger partial charge is 0.222 e. The zero-order valence-electron chi connectivity index (χ0n) is 15.4. The fourth-order valence-corrected chi connectivity index (χ4v) is 4.00. The molecule has 6 nitrogen and oxygen atoms in total. The summed E-state index contributed by atoms with van der Waals surface area (Å²) in [5.41, 5.74) is 3.15. The standard InChI is InChI=1S/C20H24N4O2/c1-13-15(14-6-4-5-7-18(14)26-13)12-21-16-8-9-19(25)23(2)20(16)17-10-11-22-24(17)3/h4-7,10-11,16,20-21H,8-9,12H2,1-3H3/t16-,20-/m1/s1. The van der Waals surface area contributed by atoms with Gasteiger partial charge in [-0.2, -0.15) is 5.10 Å². The maximum Gasteiger partial charge on any atom is 0.222 e. The summed E-state index contributed by atoms with van der Waals surface area (Å²) >= 11 is 0. The summed E-state index contributed by atoms with van der Waals surface area (Å²) in [6.07, 6.45) is 3.16. The van der Waals surface area contributed by atoms with Crippen molar-refractivity contribution in [2.45, 2.75) is 38.4 Å². The number of benzene rings is 1. The van der Waals surface area contributed by atoms with Gasteiger partial charge in [-0.05, 0) is 25.5 Å². The number of aromatic nitrogens is 2. The monoisotopic (exact) mass is 352 g/mol. The molecule has 6 heteroatoms.